The van der Waals surface area contributed by atoms with Crippen molar-refractivity contribution >= 4 is 55.1 Å². The number of anilines is 1. The molecule has 1 aliphatic rings. The molecule has 4 rings (SSSR count). The third-order valence-electron chi connectivity index (χ3n) is 7.68. The molecule has 1 aliphatic carbocycles. The van der Waals surface area contributed by atoms with Gasteiger partial charge in [0.25, 0.3) is 10.0 Å². The van der Waals surface area contributed by atoms with E-state index in [4.69, 9.17) is 11.6 Å². The van der Waals surface area contributed by atoms with Gasteiger partial charge in [0.1, 0.15) is 12.6 Å². The van der Waals surface area contributed by atoms with E-state index in [2.05, 4.69) is 21.2 Å². The lowest BCUT2D eigenvalue weighted by atomic mass is 9.95. The first-order chi connectivity index (χ1) is 20.0. The first-order valence-electron chi connectivity index (χ1n) is 14.2. The standard InChI is InChI=1S/C32H37BrClN3O4S/c1-22-12-15-29(16-13-22)42(40,41)37(30-17-14-27(34)18-23(30)2)21-31(38)36(20-25-8-7-9-26(33)19-25)24(3)32(39)35-28-10-5-4-6-11-28/h7-9,12-19,24,28H,4-6,10-11,20-21H2,1-3H3,(H,35,39)/t24-/m1/s1. The Kier molecular flexibility index (Phi) is 10.7. The zero-order valence-corrected chi connectivity index (χ0v) is 27.3. The highest BCUT2D eigenvalue weighted by molar-refractivity contribution is 9.10. The Morgan fingerprint density at radius 3 is 2.33 bits per heavy atom. The summed E-state index contributed by atoms with van der Waals surface area (Å²) in [5.74, 6) is -0.743. The third-order valence-corrected chi connectivity index (χ3v) is 10.2. The molecule has 1 saturated carbocycles. The summed E-state index contributed by atoms with van der Waals surface area (Å²) in [6.07, 6.45) is 5.11. The molecular formula is C32H37BrClN3O4S. The van der Waals surface area contributed by atoms with Crippen LogP contribution in [0.1, 0.15) is 55.7 Å². The zero-order chi connectivity index (χ0) is 30.4. The van der Waals surface area contributed by atoms with Gasteiger partial charge in [0.05, 0.1) is 10.6 Å². The number of nitrogens with one attached hydrogen (secondary N) is 1. The van der Waals surface area contributed by atoms with E-state index in [1.165, 1.54) is 17.0 Å². The molecule has 10 heteroatoms. The maximum absolute atomic E-state index is 14.2. The van der Waals surface area contributed by atoms with Gasteiger partial charge in [0.15, 0.2) is 0 Å². The first-order valence-corrected chi connectivity index (χ1v) is 16.8. The van der Waals surface area contributed by atoms with Crippen molar-refractivity contribution < 1.29 is 18.0 Å². The largest absolute Gasteiger partial charge is 0.352 e. The van der Waals surface area contributed by atoms with Gasteiger partial charge in [-0.15, -0.1) is 0 Å². The first kappa shape index (κ1) is 32.0. The number of halogens is 2. The van der Waals surface area contributed by atoms with Crippen molar-refractivity contribution in [2.45, 2.75) is 76.4 Å². The predicted octanol–water partition coefficient (Wildman–Crippen LogP) is 6.78. The highest BCUT2D eigenvalue weighted by Gasteiger charge is 2.33. The van der Waals surface area contributed by atoms with Gasteiger partial charge in [-0.25, -0.2) is 8.42 Å². The molecule has 0 radical (unpaired) electrons. The van der Waals surface area contributed by atoms with Gasteiger partial charge in [0, 0.05) is 22.1 Å². The minimum absolute atomic E-state index is 0.0666. The molecule has 0 spiro atoms. The maximum atomic E-state index is 14.2. The van der Waals surface area contributed by atoms with Crippen molar-refractivity contribution in [2.75, 3.05) is 10.8 Å². The Balaban J connectivity index is 1.70. The van der Waals surface area contributed by atoms with Crippen LogP contribution in [-0.4, -0.2) is 43.8 Å². The van der Waals surface area contributed by atoms with E-state index < -0.39 is 28.5 Å². The van der Waals surface area contributed by atoms with E-state index in [9.17, 15) is 18.0 Å². The highest BCUT2D eigenvalue weighted by Crippen LogP contribution is 2.30. The van der Waals surface area contributed by atoms with Crippen LogP contribution >= 0.6 is 27.5 Å². The SMILES string of the molecule is Cc1ccc(S(=O)(=O)N(CC(=O)N(Cc2cccc(Br)c2)[C@H](C)C(=O)NC2CCCCC2)c2ccc(Cl)cc2C)cc1. The van der Waals surface area contributed by atoms with Gasteiger partial charge in [-0.05, 0) is 87.2 Å². The van der Waals surface area contributed by atoms with Crippen molar-refractivity contribution in [1.29, 1.82) is 0 Å². The molecule has 1 fully saturated rings. The number of benzene rings is 3. The summed E-state index contributed by atoms with van der Waals surface area (Å²) in [5.41, 5.74) is 2.67. The Labute approximate surface area is 262 Å². The zero-order valence-electron chi connectivity index (χ0n) is 24.1. The average Bonchev–Trinajstić information content (AvgIpc) is 2.95. The number of nitrogens with zero attached hydrogens (tertiary/aromatic N) is 2. The van der Waals surface area contributed by atoms with Crippen LogP contribution in [-0.2, 0) is 26.2 Å². The molecule has 0 heterocycles. The molecule has 3 aromatic rings. The second kappa shape index (κ2) is 14.1. The van der Waals surface area contributed by atoms with Gasteiger partial charge >= 0.3 is 0 Å². The van der Waals surface area contributed by atoms with Crippen molar-refractivity contribution in [3.63, 3.8) is 0 Å². The highest BCUT2D eigenvalue weighted by atomic mass is 79.9. The Morgan fingerprint density at radius 1 is 1.00 bits per heavy atom. The van der Waals surface area contributed by atoms with Crippen molar-refractivity contribution in [2.24, 2.45) is 0 Å². The van der Waals surface area contributed by atoms with E-state index in [-0.39, 0.29) is 23.4 Å². The fourth-order valence-corrected chi connectivity index (χ4v) is 7.38. The fourth-order valence-electron chi connectivity index (χ4n) is 5.23. The molecule has 2 amide bonds. The van der Waals surface area contributed by atoms with Gasteiger partial charge in [-0.1, -0.05) is 76.6 Å². The number of aryl methyl sites for hydroxylation is 2. The van der Waals surface area contributed by atoms with E-state index in [0.717, 1.165) is 52.0 Å². The number of amides is 2. The summed E-state index contributed by atoms with van der Waals surface area (Å²) >= 11 is 9.68. The monoisotopic (exact) mass is 673 g/mol. The molecular weight excluding hydrogens is 638 g/mol. The van der Waals surface area contributed by atoms with Crippen LogP contribution in [0.15, 0.2) is 76.1 Å². The van der Waals surface area contributed by atoms with E-state index >= 15 is 0 Å². The summed E-state index contributed by atoms with van der Waals surface area (Å²) in [5, 5.41) is 3.58. The topological polar surface area (TPSA) is 86.8 Å². The summed E-state index contributed by atoms with van der Waals surface area (Å²) in [7, 11) is -4.15. The van der Waals surface area contributed by atoms with Crippen molar-refractivity contribution in [3.05, 3.63) is 92.9 Å². The van der Waals surface area contributed by atoms with Gasteiger partial charge < -0.3 is 10.2 Å². The number of carbonyl (C=O) groups excluding carboxylic acids is 2. The molecule has 224 valence electrons. The van der Waals surface area contributed by atoms with Crippen LogP contribution in [0.2, 0.25) is 5.02 Å². The Bertz CT molecular complexity index is 1520. The molecule has 1 atom stereocenters. The molecule has 0 aliphatic heterocycles. The number of hydrogen-bond acceptors (Lipinski definition) is 4. The number of hydrogen-bond donors (Lipinski definition) is 1. The van der Waals surface area contributed by atoms with Crippen LogP contribution < -0.4 is 9.62 Å². The lowest BCUT2D eigenvalue weighted by Gasteiger charge is -2.33. The molecule has 42 heavy (non-hydrogen) atoms. The van der Waals surface area contributed by atoms with Crippen LogP contribution in [0, 0.1) is 13.8 Å². The average molecular weight is 675 g/mol. The number of sulfonamides is 1. The number of carbonyl (C=O) groups is 2. The fraction of sp³-hybridized carbons (Fsp3) is 0.375. The third kappa shape index (κ3) is 7.94. The summed E-state index contributed by atoms with van der Waals surface area (Å²) in [6.45, 7) is 4.97. The minimum atomic E-state index is -4.15. The van der Waals surface area contributed by atoms with Crippen LogP contribution in [0.4, 0.5) is 5.69 Å². The van der Waals surface area contributed by atoms with E-state index in [1.54, 1.807) is 44.2 Å². The quantitative estimate of drug-likeness (QED) is 0.257. The summed E-state index contributed by atoms with van der Waals surface area (Å²) < 4.78 is 30.0. The molecule has 0 unspecified atom stereocenters. The Morgan fingerprint density at radius 2 is 1.69 bits per heavy atom. The minimum Gasteiger partial charge on any atom is -0.352 e. The van der Waals surface area contributed by atoms with Crippen molar-refractivity contribution in [3.8, 4) is 0 Å². The number of rotatable bonds is 10. The smallest absolute Gasteiger partial charge is 0.264 e. The molecule has 7 nitrogen and oxygen atoms in total. The van der Waals surface area contributed by atoms with Crippen LogP contribution in [0.5, 0.6) is 0 Å². The summed E-state index contributed by atoms with van der Waals surface area (Å²) in [4.78, 5) is 29.1. The molecule has 0 bridgehead atoms. The van der Waals surface area contributed by atoms with Gasteiger partial charge in [-0.2, -0.15) is 0 Å². The summed E-state index contributed by atoms with van der Waals surface area (Å²) in [6, 6.07) is 18.1. The second-order valence-electron chi connectivity index (χ2n) is 10.9. The molecule has 3 aromatic carbocycles. The van der Waals surface area contributed by atoms with Crippen LogP contribution in [0.3, 0.4) is 0 Å². The lowest BCUT2D eigenvalue weighted by molar-refractivity contribution is -0.139. The van der Waals surface area contributed by atoms with E-state index in [1.807, 2.05) is 31.2 Å². The second-order valence-corrected chi connectivity index (χ2v) is 14.1. The Hall–Kier alpha value is -2.88. The molecule has 0 aromatic heterocycles. The van der Waals surface area contributed by atoms with E-state index in [0.29, 0.717) is 16.3 Å². The predicted molar refractivity (Wildman–Crippen MR) is 171 cm³/mol. The normalized spacial score (nSPS) is 14.7. The lowest BCUT2D eigenvalue weighted by Crippen LogP contribution is -2.53. The van der Waals surface area contributed by atoms with Crippen molar-refractivity contribution in [1.82, 2.24) is 10.2 Å². The van der Waals surface area contributed by atoms with Gasteiger partial charge in [0.2, 0.25) is 11.8 Å². The maximum Gasteiger partial charge on any atom is 0.264 e. The molecule has 1 N–H and O–H groups in total. The van der Waals surface area contributed by atoms with Gasteiger partial charge in [-0.3, -0.25) is 13.9 Å². The molecule has 0 saturated heterocycles. The van der Waals surface area contributed by atoms with Crippen LogP contribution in [0.25, 0.3) is 0 Å².